The molecule has 1 amide bonds. The van der Waals surface area contributed by atoms with Crippen molar-refractivity contribution in [2.24, 2.45) is 0 Å². The number of pyridine rings is 1. The molecule has 0 unspecified atom stereocenters. The maximum absolute atomic E-state index is 11.5. The zero-order chi connectivity index (χ0) is 10.3. The van der Waals surface area contributed by atoms with Crippen LogP contribution in [0.5, 0.6) is 0 Å². The summed E-state index contributed by atoms with van der Waals surface area (Å²) in [5.41, 5.74) is 0.989. The molecule has 0 spiro atoms. The van der Waals surface area contributed by atoms with E-state index >= 15 is 0 Å². The Balaban J connectivity index is 2.61. The van der Waals surface area contributed by atoms with Gasteiger partial charge < -0.3 is 4.90 Å². The lowest BCUT2D eigenvalue weighted by Crippen LogP contribution is -2.34. The van der Waals surface area contributed by atoms with E-state index < -0.39 is 0 Å². The number of rotatable bonds is 0. The number of nitrogens with zero attached hydrogens (tertiary/aromatic N) is 2. The van der Waals surface area contributed by atoms with Crippen LogP contribution in [0.4, 0.5) is 5.69 Å². The van der Waals surface area contributed by atoms with Gasteiger partial charge in [0.05, 0.1) is 18.3 Å². The lowest BCUT2D eigenvalue weighted by atomic mass is 10.0. The Morgan fingerprint density at radius 3 is 2.93 bits per heavy atom. The van der Waals surface area contributed by atoms with Crippen molar-refractivity contribution < 1.29 is 9.59 Å². The molecular weight excluding hydrogens is 204 g/mol. The third-order valence-electron chi connectivity index (χ3n) is 2.20. The predicted molar refractivity (Wildman–Crippen MR) is 51.6 cm³/mol. The zero-order valence-electron chi connectivity index (χ0n) is 7.45. The van der Waals surface area contributed by atoms with E-state index in [0.717, 1.165) is 0 Å². The van der Waals surface area contributed by atoms with Crippen molar-refractivity contribution in [3.63, 3.8) is 0 Å². The second-order valence-electron chi connectivity index (χ2n) is 3.08. The molecule has 5 heteroatoms. The molecule has 0 aliphatic carbocycles. The zero-order valence-corrected chi connectivity index (χ0v) is 8.21. The molecule has 0 radical (unpaired) electrons. The predicted octanol–water partition coefficient (Wildman–Crippen LogP) is 1.28. The standard InChI is InChI=1S/C9H7ClN2O2/c1-12-6-4-11-8(10)2-5(6)7(13)3-9(12)14/h2,4H,3H2,1H3. The summed E-state index contributed by atoms with van der Waals surface area (Å²) < 4.78 is 0. The van der Waals surface area contributed by atoms with Gasteiger partial charge in [-0.15, -0.1) is 0 Å². The first-order valence-electron chi connectivity index (χ1n) is 4.05. The normalized spacial score (nSPS) is 15.7. The quantitative estimate of drug-likeness (QED) is 0.479. The van der Waals surface area contributed by atoms with Crippen LogP contribution in [0, 0.1) is 0 Å². The minimum Gasteiger partial charge on any atom is -0.313 e. The summed E-state index contributed by atoms with van der Waals surface area (Å²) in [7, 11) is 1.61. The first-order chi connectivity index (χ1) is 6.59. The summed E-state index contributed by atoms with van der Waals surface area (Å²) in [4.78, 5) is 28.0. The molecule has 1 aliphatic heterocycles. The molecule has 14 heavy (non-hydrogen) atoms. The average molecular weight is 211 g/mol. The largest absolute Gasteiger partial charge is 0.313 e. The third kappa shape index (κ3) is 1.28. The summed E-state index contributed by atoms with van der Waals surface area (Å²) in [6, 6.07) is 1.49. The van der Waals surface area contributed by atoms with E-state index in [4.69, 9.17) is 11.6 Å². The van der Waals surface area contributed by atoms with E-state index in [0.29, 0.717) is 11.3 Å². The van der Waals surface area contributed by atoms with Crippen molar-refractivity contribution in [3.8, 4) is 0 Å². The number of carbonyl (C=O) groups is 2. The van der Waals surface area contributed by atoms with Crippen LogP contribution >= 0.6 is 11.6 Å². The maximum Gasteiger partial charge on any atom is 0.234 e. The van der Waals surface area contributed by atoms with Crippen molar-refractivity contribution in [3.05, 3.63) is 23.0 Å². The molecule has 1 aliphatic rings. The fourth-order valence-electron chi connectivity index (χ4n) is 1.40. The topological polar surface area (TPSA) is 50.3 Å². The first kappa shape index (κ1) is 9.15. The molecule has 1 aromatic rings. The van der Waals surface area contributed by atoms with E-state index in [1.807, 2.05) is 0 Å². The van der Waals surface area contributed by atoms with E-state index in [9.17, 15) is 9.59 Å². The number of amides is 1. The van der Waals surface area contributed by atoms with Crippen LogP contribution in [-0.2, 0) is 4.79 Å². The van der Waals surface area contributed by atoms with E-state index in [1.165, 1.54) is 17.2 Å². The van der Waals surface area contributed by atoms with Crippen LogP contribution < -0.4 is 4.90 Å². The van der Waals surface area contributed by atoms with Crippen molar-refractivity contribution in [1.82, 2.24) is 4.98 Å². The number of fused-ring (bicyclic) bond motifs is 1. The van der Waals surface area contributed by atoms with Crippen LogP contribution in [0.1, 0.15) is 16.8 Å². The second kappa shape index (κ2) is 3.06. The Hall–Kier alpha value is -1.42. The molecule has 0 saturated heterocycles. The highest BCUT2D eigenvalue weighted by Crippen LogP contribution is 2.27. The van der Waals surface area contributed by atoms with Crippen LogP contribution in [-0.4, -0.2) is 23.7 Å². The number of carbonyl (C=O) groups excluding carboxylic acids is 2. The molecular formula is C9H7ClN2O2. The molecule has 0 aromatic carbocycles. The van der Waals surface area contributed by atoms with Gasteiger partial charge in [-0.2, -0.15) is 0 Å². The van der Waals surface area contributed by atoms with Crippen molar-refractivity contribution in [1.29, 1.82) is 0 Å². The number of hydrogen-bond donors (Lipinski definition) is 0. The molecule has 0 N–H and O–H groups in total. The van der Waals surface area contributed by atoms with Gasteiger partial charge in [-0.1, -0.05) is 11.6 Å². The molecule has 1 aromatic heterocycles. The van der Waals surface area contributed by atoms with Gasteiger partial charge in [0, 0.05) is 12.6 Å². The Labute approximate surface area is 85.5 Å². The fraction of sp³-hybridized carbons (Fsp3) is 0.222. The Morgan fingerprint density at radius 1 is 1.50 bits per heavy atom. The highest BCUT2D eigenvalue weighted by atomic mass is 35.5. The highest BCUT2D eigenvalue weighted by molar-refractivity contribution is 6.30. The second-order valence-corrected chi connectivity index (χ2v) is 3.46. The monoisotopic (exact) mass is 210 g/mol. The van der Waals surface area contributed by atoms with Crippen molar-refractivity contribution in [2.45, 2.75) is 6.42 Å². The van der Waals surface area contributed by atoms with E-state index in [2.05, 4.69) is 4.98 Å². The van der Waals surface area contributed by atoms with Gasteiger partial charge in [-0.05, 0) is 6.07 Å². The third-order valence-corrected chi connectivity index (χ3v) is 2.40. The number of anilines is 1. The minimum atomic E-state index is -0.216. The molecule has 2 heterocycles. The van der Waals surface area contributed by atoms with Gasteiger partial charge in [-0.3, -0.25) is 9.59 Å². The lowest BCUT2D eigenvalue weighted by Gasteiger charge is -2.23. The Bertz CT molecular complexity index is 431. The van der Waals surface area contributed by atoms with Gasteiger partial charge in [-0.25, -0.2) is 4.98 Å². The van der Waals surface area contributed by atoms with Gasteiger partial charge in [0.25, 0.3) is 0 Å². The SMILES string of the molecule is CN1C(=O)CC(=O)c2cc(Cl)ncc21. The number of halogens is 1. The number of hydrogen-bond acceptors (Lipinski definition) is 3. The summed E-state index contributed by atoms with van der Waals surface area (Å²) in [5, 5.41) is 0.264. The molecule has 72 valence electrons. The lowest BCUT2D eigenvalue weighted by molar-refractivity contribution is -0.117. The molecule has 0 bridgehead atoms. The molecule has 0 atom stereocenters. The summed E-state index contributed by atoms with van der Waals surface area (Å²) in [6.07, 6.45) is 1.34. The van der Waals surface area contributed by atoms with E-state index in [-0.39, 0.29) is 23.3 Å². The highest BCUT2D eigenvalue weighted by Gasteiger charge is 2.27. The first-order valence-corrected chi connectivity index (χ1v) is 4.42. The fourth-order valence-corrected chi connectivity index (χ4v) is 1.56. The van der Waals surface area contributed by atoms with Gasteiger partial charge in [0.15, 0.2) is 5.78 Å². The maximum atomic E-state index is 11.5. The van der Waals surface area contributed by atoms with Crippen LogP contribution in [0.25, 0.3) is 0 Å². The summed E-state index contributed by atoms with van der Waals surface area (Å²) in [5.74, 6) is -0.418. The molecule has 2 rings (SSSR count). The van der Waals surface area contributed by atoms with Gasteiger partial charge in [0.2, 0.25) is 5.91 Å². The molecule has 0 saturated carbocycles. The molecule has 4 nitrogen and oxygen atoms in total. The number of Topliss-reactive ketones (excluding diaryl/α,β-unsaturated/α-hetero) is 1. The van der Waals surface area contributed by atoms with E-state index in [1.54, 1.807) is 7.05 Å². The number of ketones is 1. The molecule has 0 fully saturated rings. The number of aromatic nitrogens is 1. The Morgan fingerprint density at radius 2 is 2.21 bits per heavy atom. The van der Waals surface area contributed by atoms with Crippen LogP contribution in [0.2, 0.25) is 5.15 Å². The minimum absolute atomic E-state index is 0.0934. The van der Waals surface area contributed by atoms with Crippen LogP contribution in [0.15, 0.2) is 12.3 Å². The smallest absolute Gasteiger partial charge is 0.234 e. The van der Waals surface area contributed by atoms with Crippen molar-refractivity contribution >= 4 is 29.0 Å². The summed E-state index contributed by atoms with van der Waals surface area (Å²) in [6.45, 7) is 0. The van der Waals surface area contributed by atoms with Crippen LogP contribution in [0.3, 0.4) is 0 Å². The van der Waals surface area contributed by atoms with Gasteiger partial charge in [0.1, 0.15) is 5.15 Å². The Kier molecular flexibility index (Phi) is 2.00. The average Bonchev–Trinajstić information content (AvgIpc) is 2.14. The van der Waals surface area contributed by atoms with Gasteiger partial charge >= 0.3 is 0 Å². The summed E-state index contributed by atoms with van der Waals surface area (Å²) >= 11 is 5.66. The van der Waals surface area contributed by atoms with Crippen molar-refractivity contribution in [2.75, 3.05) is 11.9 Å².